The van der Waals surface area contributed by atoms with Crippen molar-refractivity contribution in [2.45, 2.75) is 30.9 Å². The van der Waals surface area contributed by atoms with Crippen LogP contribution in [0.25, 0.3) is 0 Å². The molecule has 3 N–H and O–H groups in total. The van der Waals surface area contributed by atoms with Crippen LogP contribution < -0.4 is 0 Å². The molecule has 6 nitrogen and oxygen atoms in total. The molecule has 1 heterocycles. The van der Waals surface area contributed by atoms with Crippen LogP contribution in [0.15, 0.2) is 0 Å². The number of aliphatic hydroxyl groups is 1. The first kappa shape index (κ1) is 12.4. The molecule has 1 saturated heterocycles. The Kier molecular flexibility index (Phi) is 3.27. The van der Waals surface area contributed by atoms with E-state index in [4.69, 9.17) is 5.11 Å². The van der Waals surface area contributed by atoms with E-state index in [-0.39, 0.29) is 6.61 Å². The molecule has 14 heavy (non-hydrogen) atoms. The minimum absolute atomic E-state index is 0.137. The van der Waals surface area contributed by atoms with Gasteiger partial charge < -0.3 is 19.6 Å². The first-order valence-corrected chi connectivity index (χ1v) is 7.74. The second-order valence-electron chi connectivity index (χ2n) is 3.40. The molecular weight excluding hydrogens is 230 g/mol. The first-order chi connectivity index (χ1) is 6.20. The molecular formula is C6H14O6P2. The highest BCUT2D eigenvalue weighted by Crippen LogP contribution is 2.69. The standard InChI is InChI=1S/C6H14O6P2/c1-4(7)13(8,9)5(2)14(10,11)6-3-12-6/h4-7H,3H2,1-2H3,(H,8,9)(H,10,11). The van der Waals surface area contributed by atoms with Gasteiger partial charge in [-0.15, -0.1) is 0 Å². The van der Waals surface area contributed by atoms with Gasteiger partial charge in [0.1, 0.15) is 11.2 Å². The van der Waals surface area contributed by atoms with Crippen molar-refractivity contribution in [3.05, 3.63) is 0 Å². The largest absolute Gasteiger partial charge is 0.383 e. The second-order valence-corrected chi connectivity index (χ2v) is 9.37. The fourth-order valence-electron chi connectivity index (χ4n) is 1.05. The number of epoxide rings is 1. The Morgan fingerprint density at radius 3 is 2.07 bits per heavy atom. The van der Waals surface area contributed by atoms with Crippen LogP contribution in [-0.4, -0.2) is 38.6 Å². The molecule has 0 bridgehead atoms. The zero-order chi connectivity index (χ0) is 11.1. The van der Waals surface area contributed by atoms with Gasteiger partial charge in [-0.1, -0.05) is 0 Å². The molecule has 0 aliphatic carbocycles. The lowest BCUT2D eigenvalue weighted by Gasteiger charge is -2.24. The third kappa shape index (κ3) is 2.11. The van der Waals surface area contributed by atoms with E-state index in [1.807, 2.05) is 0 Å². The summed E-state index contributed by atoms with van der Waals surface area (Å²) in [5.41, 5.74) is 0. The molecule has 5 unspecified atom stereocenters. The average molecular weight is 244 g/mol. The lowest BCUT2D eigenvalue weighted by Crippen LogP contribution is -2.15. The molecule has 84 valence electrons. The van der Waals surface area contributed by atoms with E-state index >= 15 is 0 Å². The number of hydrogen-bond donors (Lipinski definition) is 3. The van der Waals surface area contributed by atoms with Crippen LogP contribution in [0.3, 0.4) is 0 Å². The number of aliphatic hydroxyl groups excluding tert-OH is 1. The zero-order valence-electron chi connectivity index (χ0n) is 7.90. The van der Waals surface area contributed by atoms with Crippen molar-refractivity contribution < 1.29 is 28.8 Å². The van der Waals surface area contributed by atoms with Crippen LogP contribution >= 0.6 is 14.7 Å². The molecule has 0 aromatic heterocycles. The summed E-state index contributed by atoms with van der Waals surface area (Å²) in [6.45, 7) is 2.46. The summed E-state index contributed by atoms with van der Waals surface area (Å²) in [6.07, 6.45) is 0. The minimum atomic E-state index is -4.03. The van der Waals surface area contributed by atoms with Crippen molar-refractivity contribution in [3.8, 4) is 0 Å². The van der Waals surface area contributed by atoms with Gasteiger partial charge in [0, 0.05) is 0 Å². The van der Waals surface area contributed by atoms with E-state index in [9.17, 15) is 18.9 Å². The molecule has 5 atom stereocenters. The van der Waals surface area contributed by atoms with E-state index in [0.29, 0.717) is 0 Å². The van der Waals surface area contributed by atoms with E-state index < -0.39 is 31.8 Å². The summed E-state index contributed by atoms with van der Waals surface area (Å²) in [7, 11) is -7.84. The topological polar surface area (TPSA) is 107 Å². The molecule has 8 heteroatoms. The van der Waals surface area contributed by atoms with E-state index in [2.05, 4.69) is 4.74 Å². The van der Waals surface area contributed by atoms with E-state index in [1.54, 1.807) is 0 Å². The Morgan fingerprint density at radius 2 is 1.79 bits per heavy atom. The van der Waals surface area contributed by atoms with Crippen molar-refractivity contribution in [1.82, 2.24) is 0 Å². The number of hydrogen-bond acceptors (Lipinski definition) is 4. The molecule has 0 spiro atoms. The normalized spacial score (nSPS) is 33.9. The van der Waals surface area contributed by atoms with Gasteiger partial charge >= 0.3 is 0 Å². The van der Waals surface area contributed by atoms with E-state index in [0.717, 1.165) is 6.92 Å². The smallest absolute Gasteiger partial charge is 0.243 e. The summed E-state index contributed by atoms with van der Waals surface area (Å²) < 4.78 is 27.8. The average Bonchev–Trinajstić information content (AvgIpc) is 2.84. The highest BCUT2D eigenvalue weighted by atomic mass is 31.2. The lowest BCUT2D eigenvalue weighted by atomic mass is 10.9. The van der Waals surface area contributed by atoms with Crippen LogP contribution in [0.5, 0.6) is 0 Å². The summed E-state index contributed by atoms with van der Waals surface area (Å²) >= 11 is 0. The van der Waals surface area contributed by atoms with Gasteiger partial charge in [0.05, 0.1) is 6.61 Å². The minimum Gasteiger partial charge on any atom is -0.383 e. The maximum absolute atomic E-state index is 11.6. The van der Waals surface area contributed by atoms with Gasteiger partial charge in [-0.2, -0.15) is 0 Å². The number of ether oxygens (including phenoxy) is 1. The SMILES string of the molecule is CC(O)P(=O)(O)C(C)P(=O)(O)C1CO1. The Bertz CT molecular complexity index is 287. The first-order valence-electron chi connectivity index (χ1n) is 4.14. The quantitative estimate of drug-likeness (QED) is 0.492. The summed E-state index contributed by atoms with van der Waals surface area (Å²) in [6, 6.07) is 0. The maximum Gasteiger partial charge on any atom is 0.243 e. The van der Waals surface area contributed by atoms with Gasteiger partial charge in [0.2, 0.25) is 14.7 Å². The third-order valence-corrected chi connectivity index (χ3v) is 8.66. The van der Waals surface area contributed by atoms with Crippen LogP contribution in [0.1, 0.15) is 13.8 Å². The Labute approximate surface area is 81.8 Å². The summed E-state index contributed by atoms with van der Waals surface area (Å²) in [4.78, 5) is 18.9. The molecule has 0 radical (unpaired) electrons. The Hall–Kier alpha value is 0.300. The van der Waals surface area contributed by atoms with Crippen molar-refractivity contribution in [2.75, 3.05) is 6.61 Å². The van der Waals surface area contributed by atoms with E-state index in [1.165, 1.54) is 6.92 Å². The maximum atomic E-state index is 11.6. The predicted molar refractivity (Wildman–Crippen MR) is 50.5 cm³/mol. The van der Waals surface area contributed by atoms with Gasteiger partial charge in [-0.25, -0.2) is 0 Å². The zero-order valence-corrected chi connectivity index (χ0v) is 9.69. The summed E-state index contributed by atoms with van der Waals surface area (Å²) in [5, 5.41) is 7.69. The fraction of sp³-hybridized carbons (Fsp3) is 1.00. The highest BCUT2D eigenvalue weighted by molar-refractivity contribution is 7.77. The van der Waals surface area contributed by atoms with Crippen LogP contribution in [-0.2, 0) is 13.9 Å². The molecule has 0 amide bonds. The van der Waals surface area contributed by atoms with Crippen LogP contribution in [0, 0.1) is 0 Å². The molecule has 1 aliphatic heterocycles. The molecule has 1 aliphatic rings. The molecule has 0 aromatic carbocycles. The van der Waals surface area contributed by atoms with Gasteiger partial charge in [-0.3, -0.25) is 9.13 Å². The lowest BCUT2D eigenvalue weighted by molar-refractivity contribution is 0.246. The summed E-state index contributed by atoms with van der Waals surface area (Å²) in [5.74, 6) is -2.34. The highest BCUT2D eigenvalue weighted by Gasteiger charge is 2.53. The van der Waals surface area contributed by atoms with Crippen molar-refractivity contribution >= 4 is 14.7 Å². The van der Waals surface area contributed by atoms with Crippen LogP contribution in [0.2, 0.25) is 0 Å². The van der Waals surface area contributed by atoms with Crippen molar-refractivity contribution in [1.29, 1.82) is 0 Å². The Morgan fingerprint density at radius 1 is 1.36 bits per heavy atom. The second kappa shape index (κ2) is 3.71. The van der Waals surface area contributed by atoms with Crippen LogP contribution in [0.4, 0.5) is 0 Å². The van der Waals surface area contributed by atoms with Gasteiger partial charge in [0.25, 0.3) is 0 Å². The molecule has 1 fully saturated rings. The third-order valence-electron chi connectivity index (χ3n) is 2.33. The molecule has 0 aromatic rings. The fourth-order valence-corrected chi connectivity index (χ4v) is 5.59. The molecule has 0 saturated carbocycles. The van der Waals surface area contributed by atoms with Gasteiger partial charge in [-0.05, 0) is 13.8 Å². The number of rotatable bonds is 4. The Balaban J connectivity index is 2.88. The van der Waals surface area contributed by atoms with Crippen molar-refractivity contribution in [2.24, 2.45) is 0 Å². The monoisotopic (exact) mass is 244 g/mol. The van der Waals surface area contributed by atoms with Gasteiger partial charge in [0.15, 0.2) is 5.85 Å². The predicted octanol–water partition coefficient (Wildman–Crippen LogP) is 0.568. The van der Waals surface area contributed by atoms with Crippen molar-refractivity contribution in [3.63, 3.8) is 0 Å². The molecule has 1 rings (SSSR count).